The van der Waals surface area contributed by atoms with Crippen molar-refractivity contribution in [1.82, 2.24) is 14.8 Å². The molecular formula is C14H8ClFN4O3. The number of carboxylic acids is 1. The molecule has 0 aliphatic carbocycles. The molecule has 0 unspecified atom stereocenters. The quantitative estimate of drug-likeness (QED) is 0.740. The van der Waals surface area contributed by atoms with Gasteiger partial charge in [0.15, 0.2) is 5.82 Å². The Bertz CT molecular complexity index is 1020. The third-order valence-electron chi connectivity index (χ3n) is 3.19. The van der Waals surface area contributed by atoms with E-state index in [1.807, 2.05) is 0 Å². The maximum atomic E-state index is 13.8. The molecule has 9 heteroatoms. The second kappa shape index (κ2) is 5.33. The topological polar surface area (TPSA) is 111 Å². The zero-order valence-electron chi connectivity index (χ0n) is 11.3. The van der Waals surface area contributed by atoms with Gasteiger partial charge in [0.05, 0.1) is 22.4 Å². The van der Waals surface area contributed by atoms with Crippen LogP contribution in [-0.4, -0.2) is 25.8 Å². The van der Waals surface area contributed by atoms with E-state index in [2.05, 4.69) is 10.2 Å². The van der Waals surface area contributed by atoms with Gasteiger partial charge in [-0.15, -0.1) is 5.10 Å². The predicted octanol–water partition coefficient (Wildman–Crippen LogP) is 1.85. The second-order valence-electron chi connectivity index (χ2n) is 4.68. The first-order valence-corrected chi connectivity index (χ1v) is 6.62. The Labute approximate surface area is 132 Å². The molecule has 3 aromatic rings. The van der Waals surface area contributed by atoms with Crippen LogP contribution in [0.15, 0.2) is 35.4 Å². The number of aromatic nitrogens is 3. The van der Waals surface area contributed by atoms with Gasteiger partial charge in [0, 0.05) is 23.7 Å². The molecule has 0 saturated heterocycles. The number of benzene rings is 1. The maximum Gasteiger partial charge on any atom is 0.341 e. The number of rotatable bonds is 2. The molecule has 2 heterocycles. The summed E-state index contributed by atoms with van der Waals surface area (Å²) in [7, 11) is 0. The number of carboxylic acid groups (broad SMARTS) is 1. The molecule has 0 aliphatic rings. The summed E-state index contributed by atoms with van der Waals surface area (Å²) in [5.41, 5.74) is 4.72. The van der Waals surface area contributed by atoms with Crippen LogP contribution >= 0.6 is 11.6 Å². The highest BCUT2D eigenvalue weighted by atomic mass is 35.5. The Hall–Kier alpha value is -3.00. The first kappa shape index (κ1) is 14.9. The second-order valence-corrected chi connectivity index (χ2v) is 5.08. The van der Waals surface area contributed by atoms with Gasteiger partial charge in [0.25, 0.3) is 0 Å². The van der Waals surface area contributed by atoms with Gasteiger partial charge in [0.1, 0.15) is 11.4 Å². The number of nitrogen functional groups attached to an aromatic ring is 1. The van der Waals surface area contributed by atoms with Crippen LogP contribution in [0.25, 0.3) is 16.7 Å². The van der Waals surface area contributed by atoms with Gasteiger partial charge < -0.3 is 10.8 Å². The van der Waals surface area contributed by atoms with E-state index in [0.717, 1.165) is 18.3 Å². The summed E-state index contributed by atoms with van der Waals surface area (Å²) >= 11 is 5.70. The van der Waals surface area contributed by atoms with Gasteiger partial charge in [-0.2, -0.15) is 5.10 Å². The molecule has 0 bridgehead atoms. The largest absolute Gasteiger partial charge is 0.477 e. The van der Waals surface area contributed by atoms with E-state index >= 15 is 0 Å². The molecule has 2 aromatic heterocycles. The summed E-state index contributed by atoms with van der Waals surface area (Å²) in [6.07, 6.45) is 2.34. The monoisotopic (exact) mass is 334 g/mol. The molecule has 0 atom stereocenters. The molecular weight excluding hydrogens is 327 g/mol. The highest BCUT2D eigenvalue weighted by molar-refractivity contribution is 6.31. The summed E-state index contributed by atoms with van der Waals surface area (Å²) in [5, 5.41) is 16.3. The molecule has 3 N–H and O–H groups in total. The molecule has 0 saturated carbocycles. The molecule has 0 fully saturated rings. The van der Waals surface area contributed by atoms with Crippen molar-refractivity contribution in [2.24, 2.45) is 0 Å². The van der Waals surface area contributed by atoms with Crippen molar-refractivity contribution in [3.63, 3.8) is 0 Å². The van der Waals surface area contributed by atoms with E-state index in [4.69, 9.17) is 17.3 Å². The molecule has 23 heavy (non-hydrogen) atoms. The number of aromatic carboxylic acids is 1. The van der Waals surface area contributed by atoms with Crippen molar-refractivity contribution in [3.8, 4) is 5.82 Å². The third-order valence-corrected chi connectivity index (χ3v) is 3.48. The lowest BCUT2D eigenvalue weighted by atomic mass is 10.1. The van der Waals surface area contributed by atoms with Crippen molar-refractivity contribution in [1.29, 1.82) is 0 Å². The van der Waals surface area contributed by atoms with Gasteiger partial charge in [-0.3, -0.25) is 9.36 Å². The highest BCUT2D eigenvalue weighted by Crippen LogP contribution is 2.23. The Morgan fingerprint density at radius 3 is 2.74 bits per heavy atom. The molecule has 1 aromatic carbocycles. The van der Waals surface area contributed by atoms with Crippen molar-refractivity contribution in [3.05, 3.63) is 57.2 Å². The van der Waals surface area contributed by atoms with Crippen LogP contribution in [0.5, 0.6) is 0 Å². The lowest BCUT2D eigenvalue weighted by Crippen LogP contribution is -2.19. The summed E-state index contributed by atoms with van der Waals surface area (Å²) in [4.78, 5) is 23.5. The number of hydrogen-bond donors (Lipinski definition) is 2. The van der Waals surface area contributed by atoms with Gasteiger partial charge in [0.2, 0.25) is 5.43 Å². The summed E-state index contributed by atoms with van der Waals surface area (Å²) in [5.74, 6) is -2.05. The Morgan fingerprint density at radius 2 is 2.09 bits per heavy atom. The lowest BCUT2D eigenvalue weighted by Gasteiger charge is -2.12. The molecule has 0 amide bonds. The molecule has 3 rings (SSSR count). The molecule has 0 radical (unpaired) electrons. The van der Waals surface area contributed by atoms with Crippen molar-refractivity contribution in [2.45, 2.75) is 0 Å². The number of nitrogens with zero attached hydrogens (tertiary/aromatic N) is 3. The third kappa shape index (κ3) is 2.49. The van der Waals surface area contributed by atoms with Crippen LogP contribution in [0.3, 0.4) is 0 Å². The van der Waals surface area contributed by atoms with E-state index in [0.29, 0.717) is 0 Å². The normalized spacial score (nSPS) is 10.9. The highest BCUT2D eigenvalue weighted by Gasteiger charge is 2.18. The summed E-state index contributed by atoms with van der Waals surface area (Å²) in [6, 6.07) is 3.52. The molecule has 0 aliphatic heterocycles. The maximum absolute atomic E-state index is 13.8. The van der Waals surface area contributed by atoms with Gasteiger partial charge in [-0.05, 0) is 6.07 Å². The lowest BCUT2D eigenvalue weighted by molar-refractivity contribution is 0.0695. The van der Waals surface area contributed by atoms with E-state index in [-0.39, 0.29) is 27.4 Å². The van der Waals surface area contributed by atoms with Crippen LogP contribution < -0.4 is 11.2 Å². The van der Waals surface area contributed by atoms with Crippen LogP contribution in [0.4, 0.5) is 10.1 Å². The van der Waals surface area contributed by atoms with Crippen LogP contribution in [0, 0.1) is 5.82 Å². The van der Waals surface area contributed by atoms with E-state index in [1.165, 1.54) is 16.8 Å². The van der Waals surface area contributed by atoms with Crippen molar-refractivity contribution >= 4 is 34.2 Å². The summed E-state index contributed by atoms with van der Waals surface area (Å²) < 4.78 is 15.0. The van der Waals surface area contributed by atoms with Crippen molar-refractivity contribution in [2.75, 3.05) is 5.73 Å². The number of anilines is 1. The predicted molar refractivity (Wildman–Crippen MR) is 81.5 cm³/mol. The van der Waals surface area contributed by atoms with E-state index in [1.54, 1.807) is 0 Å². The smallest absolute Gasteiger partial charge is 0.341 e. The van der Waals surface area contributed by atoms with Crippen LogP contribution in [-0.2, 0) is 0 Å². The fourth-order valence-electron chi connectivity index (χ4n) is 2.15. The zero-order valence-corrected chi connectivity index (χ0v) is 12.1. The number of pyridine rings is 1. The van der Waals surface area contributed by atoms with E-state index in [9.17, 15) is 19.1 Å². The SMILES string of the molecule is Nc1cnnc(-n2cc(C(=O)O)c(=O)c3cc(Cl)c(F)cc32)c1. The standard InChI is InChI=1S/C14H8ClFN4O3/c15-9-2-7-11(3-10(9)16)20(5-8(13(7)21)14(22)23)12-1-6(17)4-18-19-12/h1-5H,(H2,17,19)(H,22,23). The minimum absolute atomic E-state index is 0.0551. The number of nitrogens with two attached hydrogens (primary N) is 1. The summed E-state index contributed by atoms with van der Waals surface area (Å²) in [6.45, 7) is 0. The average molecular weight is 335 g/mol. The molecule has 7 nitrogen and oxygen atoms in total. The number of hydrogen-bond acceptors (Lipinski definition) is 5. The van der Waals surface area contributed by atoms with Crippen LogP contribution in [0.1, 0.15) is 10.4 Å². The Balaban J connectivity index is 2.49. The van der Waals surface area contributed by atoms with E-state index < -0.39 is 22.8 Å². The van der Waals surface area contributed by atoms with Gasteiger partial charge in [-0.1, -0.05) is 11.6 Å². The number of halogens is 2. The van der Waals surface area contributed by atoms with Crippen molar-refractivity contribution < 1.29 is 14.3 Å². The zero-order chi connectivity index (χ0) is 16.7. The molecule has 0 spiro atoms. The Kier molecular flexibility index (Phi) is 3.45. The number of fused-ring (bicyclic) bond motifs is 1. The first-order chi connectivity index (χ1) is 10.9. The minimum Gasteiger partial charge on any atom is -0.477 e. The minimum atomic E-state index is -1.43. The average Bonchev–Trinajstić information content (AvgIpc) is 2.49. The fourth-order valence-corrected chi connectivity index (χ4v) is 2.31. The molecule has 116 valence electrons. The van der Waals surface area contributed by atoms with Gasteiger partial charge in [-0.25, -0.2) is 9.18 Å². The Morgan fingerprint density at radius 1 is 1.35 bits per heavy atom. The number of carbonyl (C=O) groups is 1. The fraction of sp³-hybridized carbons (Fsp3) is 0. The first-order valence-electron chi connectivity index (χ1n) is 6.25. The van der Waals surface area contributed by atoms with Crippen LogP contribution in [0.2, 0.25) is 5.02 Å². The van der Waals surface area contributed by atoms with Gasteiger partial charge >= 0.3 is 5.97 Å².